The Labute approximate surface area is 173 Å². The van der Waals surface area contributed by atoms with Gasteiger partial charge >= 0.3 is 0 Å². The van der Waals surface area contributed by atoms with E-state index in [4.69, 9.17) is 14.3 Å². The van der Waals surface area contributed by atoms with Crippen LogP contribution in [0, 0.1) is 11.3 Å². The van der Waals surface area contributed by atoms with Gasteiger partial charge in [0.1, 0.15) is 0 Å². The minimum absolute atomic E-state index is 0.0238. The van der Waals surface area contributed by atoms with E-state index in [0.717, 1.165) is 0 Å². The smallest absolute Gasteiger partial charge is 0.259 e. The monoisotopic (exact) mass is 426 g/mol. The van der Waals surface area contributed by atoms with Crippen LogP contribution in [0.1, 0.15) is 58.8 Å². The van der Waals surface area contributed by atoms with Gasteiger partial charge in [-0.2, -0.15) is 5.26 Å². The van der Waals surface area contributed by atoms with E-state index in [1.807, 2.05) is 21.6 Å². The van der Waals surface area contributed by atoms with Crippen molar-refractivity contribution in [3.05, 3.63) is 35.9 Å². The molecule has 0 saturated carbocycles. The fourth-order valence-electron chi connectivity index (χ4n) is 3.08. The fourth-order valence-corrected chi connectivity index (χ4v) is 8.58. The Morgan fingerprint density at radius 3 is 2.37 bits per heavy atom. The van der Waals surface area contributed by atoms with Crippen LogP contribution < -0.4 is 0 Å². The number of nitriles is 1. The zero-order chi connectivity index (χ0) is 20.0. The highest BCUT2D eigenvalue weighted by Crippen LogP contribution is 2.63. The van der Waals surface area contributed by atoms with Gasteiger partial charge in [0.15, 0.2) is 0 Å². The maximum Gasteiger partial charge on any atom is 0.259 e. The summed E-state index contributed by atoms with van der Waals surface area (Å²) in [4.78, 5) is 0. The van der Waals surface area contributed by atoms with Gasteiger partial charge in [0.2, 0.25) is 0 Å². The lowest BCUT2D eigenvalue weighted by Crippen LogP contribution is -2.39. The second-order valence-corrected chi connectivity index (χ2v) is 12.1. The summed E-state index contributed by atoms with van der Waals surface area (Å²) in [6.07, 6.45) is 0.411. The first-order valence-corrected chi connectivity index (χ1v) is 12.8. The minimum atomic E-state index is -1.25. The predicted molar refractivity (Wildman–Crippen MR) is 119 cm³/mol. The molecular formula is C20H31N2O2PS2. The average molecular weight is 427 g/mol. The normalized spacial score (nSPS) is 23.1. The van der Waals surface area contributed by atoms with E-state index in [1.54, 1.807) is 0 Å². The van der Waals surface area contributed by atoms with Crippen molar-refractivity contribution < 1.29 is 9.05 Å². The molecule has 0 aliphatic carbocycles. The van der Waals surface area contributed by atoms with Crippen molar-refractivity contribution in [3.8, 4) is 6.07 Å². The number of rotatable bonds is 9. The first-order valence-electron chi connectivity index (χ1n) is 9.42. The lowest BCUT2D eigenvalue weighted by atomic mass is 9.98. The molecule has 0 radical (unpaired) electrons. The summed E-state index contributed by atoms with van der Waals surface area (Å²) in [5.74, 6) is 0. The van der Waals surface area contributed by atoms with Crippen molar-refractivity contribution >= 4 is 30.1 Å². The highest BCUT2D eigenvalue weighted by atomic mass is 33.1. The predicted octanol–water partition coefficient (Wildman–Crippen LogP) is 6.56. The summed E-state index contributed by atoms with van der Waals surface area (Å²) in [5, 5.41) is 9.17. The van der Waals surface area contributed by atoms with Gasteiger partial charge < -0.3 is 9.05 Å². The van der Waals surface area contributed by atoms with Crippen molar-refractivity contribution in [2.24, 2.45) is 0 Å². The van der Waals surface area contributed by atoms with E-state index in [0.29, 0.717) is 25.1 Å². The van der Waals surface area contributed by atoms with Crippen LogP contribution in [0.15, 0.2) is 30.3 Å². The van der Waals surface area contributed by atoms with E-state index in [-0.39, 0.29) is 16.1 Å². The topological polar surface area (TPSA) is 45.5 Å². The number of hydrogen-bond donors (Lipinski definition) is 0. The van der Waals surface area contributed by atoms with Crippen LogP contribution in [0.4, 0.5) is 0 Å². The van der Waals surface area contributed by atoms with Crippen molar-refractivity contribution in [3.63, 3.8) is 0 Å². The van der Waals surface area contributed by atoms with Crippen LogP contribution in [0.25, 0.3) is 0 Å². The van der Waals surface area contributed by atoms with E-state index in [9.17, 15) is 0 Å². The molecule has 150 valence electrons. The molecule has 1 aromatic carbocycles. The molecule has 3 atom stereocenters. The minimum Gasteiger partial charge on any atom is -0.321 e. The van der Waals surface area contributed by atoms with E-state index < -0.39 is 8.53 Å². The second-order valence-electron chi connectivity index (χ2n) is 7.69. The first kappa shape index (κ1) is 23.0. The molecule has 1 aliphatic heterocycles. The standard InChI is InChI=1S/C20H31N2O2PS2/c1-15(2)22(16(3)4)25(23-14-10-13-21)24-19-18(26-27-20(19,5)6)17-11-8-7-9-12-17/h7-9,11-12,15-16,18-19H,10,14H2,1-6H3/t18-,19+,25?/m1/s1. The molecule has 0 aromatic heterocycles. The van der Waals surface area contributed by atoms with Gasteiger partial charge in [0.25, 0.3) is 8.53 Å². The quantitative estimate of drug-likeness (QED) is 0.253. The summed E-state index contributed by atoms with van der Waals surface area (Å²) < 4.78 is 15.2. The zero-order valence-electron chi connectivity index (χ0n) is 17.1. The Hall–Kier alpha value is -0.280. The van der Waals surface area contributed by atoms with Gasteiger partial charge in [-0.15, -0.1) is 0 Å². The van der Waals surface area contributed by atoms with Crippen LogP contribution in [-0.4, -0.2) is 34.2 Å². The second kappa shape index (κ2) is 10.5. The molecular weight excluding hydrogens is 395 g/mol. The third kappa shape index (κ3) is 6.10. The molecule has 1 unspecified atom stereocenters. The molecule has 0 spiro atoms. The summed E-state index contributed by atoms with van der Waals surface area (Å²) in [5.41, 5.74) is 1.29. The van der Waals surface area contributed by atoms with E-state index in [1.165, 1.54) is 5.56 Å². The lowest BCUT2D eigenvalue weighted by molar-refractivity contribution is 0.114. The van der Waals surface area contributed by atoms with Gasteiger partial charge in [-0.05, 0) is 47.1 Å². The number of hydrogen-bond acceptors (Lipinski definition) is 6. The van der Waals surface area contributed by atoms with Crippen molar-refractivity contribution in [2.75, 3.05) is 6.61 Å². The fraction of sp³-hybridized carbons (Fsp3) is 0.650. The molecule has 0 N–H and O–H groups in total. The van der Waals surface area contributed by atoms with Gasteiger partial charge in [0, 0.05) is 16.8 Å². The Balaban J connectivity index is 2.27. The Morgan fingerprint density at radius 2 is 1.81 bits per heavy atom. The average Bonchev–Trinajstić information content (AvgIpc) is 2.90. The molecule has 1 saturated heterocycles. The van der Waals surface area contributed by atoms with Crippen molar-refractivity contribution in [1.82, 2.24) is 4.67 Å². The SMILES string of the molecule is CC(C)N(C(C)C)P(OCCC#N)O[C@H]1[C@@H](c2ccccc2)SSC1(C)C. The third-order valence-electron chi connectivity index (χ3n) is 4.32. The summed E-state index contributed by atoms with van der Waals surface area (Å²) in [7, 11) is 2.52. The van der Waals surface area contributed by atoms with Gasteiger partial charge in [0.05, 0.1) is 30.5 Å². The van der Waals surface area contributed by atoms with Crippen LogP contribution in [0.5, 0.6) is 0 Å². The molecule has 27 heavy (non-hydrogen) atoms. The van der Waals surface area contributed by atoms with Gasteiger partial charge in [-0.1, -0.05) is 51.9 Å². The molecule has 7 heteroatoms. The van der Waals surface area contributed by atoms with Gasteiger partial charge in [-0.25, -0.2) is 4.67 Å². The summed E-state index contributed by atoms with van der Waals surface area (Å²) in [6.45, 7) is 13.6. The van der Waals surface area contributed by atoms with Gasteiger partial charge in [-0.3, -0.25) is 0 Å². The number of nitrogens with zero attached hydrogens (tertiary/aromatic N) is 2. The molecule has 1 heterocycles. The van der Waals surface area contributed by atoms with Crippen LogP contribution in [0.3, 0.4) is 0 Å². The van der Waals surface area contributed by atoms with Crippen molar-refractivity contribution in [1.29, 1.82) is 5.26 Å². The first-order chi connectivity index (χ1) is 12.8. The highest BCUT2D eigenvalue weighted by molar-refractivity contribution is 8.77. The number of benzene rings is 1. The highest BCUT2D eigenvalue weighted by Gasteiger charge is 2.48. The summed E-state index contributed by atoms with van der Waals surface area (Å²) in [6, 6.07) is 13.4. The third-order valence-corrected chi connectivity index (χ3v) is 10.1. The maximum atomic E-state index is 8.91. The van der Waals surface area contributed by atoms with Crippen LogP contribution in [0.2, 0.25) is 0 Å². The van der Waals surface area contributed by atoms with Crippen LogP contribution >= 0.6 is 30.1 Å². The van der Waals surface area contributed by atoms with Crippen molar-refractivity contribution in [2.45, 2.75) is 76.1 Å². The van der Waals surface area contributed by atoms with E-state index >= 15 is 0 Å². The van der Waals surface area contributed by atoms with E-state index in [2.05, 4.69) is 82.6 Å². The molecule has 0 bridgehead atoms. The molecule has 1 fully saturated rings. The van der Waals surface area contributed by atoms with Crippen LogP contribution in [-0.2, 0) is 9.05 Å². The molecule has 1 aromatic rings. The Bertz CT molecular complexity index is 614. The Kier molecular flexibility index (Phi) is 8.93. The molecule has 2 rings (SSSR count). The molecule has 1 aliphatic rings. The largest absolute Gasteiger partial charge is 0.321 e. The molecule has 0 amide bonds. The zero-order valence-corrected chi connectivity index (χ0v) is 19.6. The molecule has 4 nitrogen and oxygen atoms in total. The maximum absolute atomic E-state index is 8.91. The summed E-state index contributed by atoms with van der Waals surface area (Å²) >= 11 is 0. The lowest BCUT2D eigenvalue weighted by Gasteiger charge is -2.39. The Morgan fingerprint density at radius 1 is 1.19 bits per heavy atom.